The molecule has 0 saturated heterocycles. The van der Waals surface area contributed by atoms with E-state index >= 15 is 0 Å². The van der Waals surface area contributed by atoms with Crippen LogP contribution in [0.2, 0.25) is 0 Å². The molecule has 0 aliphatic rings. The molecule has 0 radical (unpaired) electrons. The van der Waals surface area contributed by atoms with Gasteiger partial charge in [-0.05, 0) is 24.1 Å². The lowest BCUT2D eigenvalue weighted by Crippen LogP contribution is -2.28. The Labute approximate surface area is 110 Å². The highest BCUT2D eigenvalue weighted by molar-refractivity contribution is 5.73. The molecule has 1 amide bonds. The molecule has 6 heteroatoms. The third-order valence-electron chi connectivity index (χ3n) is 3.08. The van der Waals surface area contributed by atoms with Crippen molar-refractivity contribution in [2.75, 3.05) is 20.7 Å². The first kappa shape index (κ1) is 13.2. The number of fused-ring (bicyclic) bond motifs is 1. The third kappa shape index (κ3) is 2.62. The van der Waals surface area contributed by atoms with E-state index in [2.05, 4.69) is 4.74 Å². The Morgan fingerprint density at radius 3 is 2.89 bits per heavy atom. The van der Waals surface area contributed by atoms with Crippen LogP contribution in [-0.4, -0.2) is 36.3 Å². The van der Waals surface area contributed by atoms with Crippen molar-refractivity contribution in [1.82, 2.24) is 9.47 Å². The monoisotopic (exact) mass is 264 g/mol. The van der Waals surface area contributed by atoms with Gasteiger partial charge in [0.25, 0.3) is 0 Å². The molecule has 0 unspecified atom stereocenters. The molecule has 0 aliphatic heterocycles. The first-order valence-electron chi connectivity index (χ1n) is 5.90. The van der Waals surface area contributed by atoms with Crippen molar-refractivity contribution in [3.8, 4) is 0 Å². The highest BCUT2D eigenvalue weighted by Gasteiger charge is 2.09. The number of hydrogen-bond acceptors (Lipinski definition) is 4. The van der Waals surface area contributed by atoms with Crippen molar-refractivity contribution < 1.29 is 13.9 Å². The summed E-state index contributed by atoms with van der Waals surface area (Å²) in [5.41, 5.74) is 2.32. The van der Waals surface area contributed by atoms with Gasteiger partial charge in [-0.2, -0.15) is 0 Å². The smallest absolute Gasteiger partial charge is 0.419 e. The van der Waals surface area contributed by atoms with Gasteiger partial charge in [0.05, 0.1) is 12.6 Å². The average Bonchev–Trinajstić information content (AvgIpc) is 2.70. The molecule has 0 aliphatic carbocycles. The van der Waals surface area contributed by atoms with Crippen molar-refractivity contribution in [2.45, 2.75) is 6.42 Å². The number of amides is 1. The van der Waals surface area contributed by atoms with E-state index in [4.69, 9.17) is 4.42 Å². The Bertz CT molecular complexity index is 656. The van der Waals surface area contributed by atoms with Gasteiger partial charge in [0.15, 0.2) is 5.58 Å². The lowest BCUT2D eigenvalue weighted by Gasteiger charge is -2.14. The van der Waals surface area contributed by atoms with E-state index < -0.39 is 0 Å². The van der Waals surface area contributed by atoms with E-state index in [9.17, 15) is 9.59 Å². The molecule has 19 heavy (non-hydrogen) atoms. The number of rotatable bonds is 3. The summed E-state index contributed by atoms with van der Waals surface area (Å²) in [6.45, 7) is 0.537. The van der Waals surface area contributed by atoms with Gasteiger partial charge in [0.2, 0.25) is 0 Å². The van der Waals surface area contributed by atoms with Crippen molar-refractivity contribution >= 4 is 17.2 Å². The highest BCUT2D eigenvalue weighted by Crippen LogP contribution is 2.14. The summed E-state index contributed by atoms with van der Waals surface area (Å²) in [4.78, 5) is 24.1. The summed E-state index contributed by atoms with van der Waals surface area (Å²) in [5, 5.41) is 0. The number of ether oxygens (including phenoxy) is 1. The maximum absolute atomic E-state index is 11.4. The zero-order valence-corrected chi connectivity index (χ0v) is 11.2. The van der Waals surface area contributed by atoms with Crippen LogP contribution in [0, 0.1) is 0 Å². The minimum absolute atomic E-state index is 0.368. The summed E-state index contributed by atoms with van der Waals surface area (Å²) in [6, 6.07) is 5.58. The number of carbonyl (C=O) groups excluding carboxylic acids is 1. The second-order valence-corrected chi connectivity index (χ2v) is 4.37. The number of hydrogen-bond donors (Lipinski definition) is 0. The van der Waals surface area contributed by atoms with Gasteiger partial charge >= 0.3 is 11.8 Å². The van der Waals surface area contributed by atoms with Crippen LogP contribution in [0.4, 0.5) is 4.79 Å². The van der Waals surface area contributed by atoms with Crippen molar-refractivity contribution in [2.24, 2.45) is 7.05 Å². The van der Waals surface area contributed by atoms with Crippen LogP contribution in [0.1, 0.15) is 5.56 Å². The Morgan fingerprint density at radius 1 is 1.47 bits per heavy atom. The maximum atomic E-state index is 11.4. The van der Waals surface area contributed by atoms with E-state index in [1.54, 1.807) is 14.1 Å². The SMILES string of the molecule is COC(=O)N(C)CCc1ccc2c(c1)oc(=O)n2C. The zero-order chi connectivity index (χ0) is 14.0. The molecule has 0 fully saturated rings. The van der Waals surface area contributed by atoms with E-state index in [1.165, 1.54) is 16.6 Å². The number of aromatic nitrogens is 1. The molecule has 0 spiro atoms. The van der Waals surface area contributed by atoms with Gasteiger partial charge in [-0.15, -0.1) is 0 Å². The quantitative estimate of drug-likeness (QED) is 0.840. The predicted octanol–water partition coefficient (Wildman–Crippen LogP) is 1.37. The lowest BCUT2D eigenvalue weighted by molar-refractivity contribution is 0.134. The first-order chi connectivity index (χ1) is 9.02. The number of methoxy groups -OCH3 is 1. The van der Waals surface area contributed by atoms with E-state index in [0.29, 0.717) is 18.5 Å². The van der Waals surface area contributed by atoms with Gasteiger partial charge in [-0.25, -0.2) is 9.59 Å². The Hall–Kier alpha value is -2.24. The summed E-state index contributed by atoms with van der Waals surface area (Å²) >= 11 is 0. The lowest BCUT2D eigenvalue weighted by atomic mass is 10.1. The van der Waals surface area contributed by atoms with E-state index in [1.807, 2.05) is 18.2 Å². The molecule has 2 rings (SSSR count). The van der Waals surface area contributed by atoms with Crippen LogP contribution in [-0.2, 0) is 18.2 Å². The number of carbonyl (C=O) groups is 1. The highest BCUT2D eigenvalue weighted by atomic mass is 16.5. The standard InChI is InChI=1S/C13H16N2O4/c1-14(12(16)18-3)7-6-9-4-5-10-11(8-9)19-13(17)15(10)2/h4-5,8H,6-7H2,1-3H3. The predicted molar refractivity (Wildman–Crippen MR) is 70.2 cm³/mol. The van der Waals surface area contributed by atoms with Crippen molar-refractivity contribution in [3.63, 3.8) is 0 Å². The van der Waals surface area contributed by atoms with E-state index in [-0.39, 0.29) is 11.8 Å². The average molecular weight is 264 g/mol. The second kappa shape index (κ2) is 5.17. The fraction of sp³-hybridized carbons (Fsp3) is 0.385. The Morgan fingerprint density at radius 2 is 2.21 bits per heavy atom. The topological polar surface area (TPSA) is 64.7 Å². The summed E-state index contributed by atoms with van der Waals surface area (Å²) in [5.74, 6) is -0.376. The van der Waals surface area contributed by atoms with Crippen LogP contribution >= 0.6 is 0 Å². The summed E-state index contributed by atoms with van der Waals surface area (Å²) in [7, 11) is 4.69. The molecular weight excluding hydrogens is 248 g/mol. The Balaban J connectivity index is 2.14. The van der Waals surface area contributed by atoms with Gasteiger partial charge < -0.3 is 14.1 Å². The van der Waals surface area contributed by atoms with Crippen LogP contribution in [0.3, 0.4) is 0 Å². The van der Waals surface area contributed by atoms with Crippen molar-refractivity contribution in [3.05, 3.63) is 34.3 Å². The molecule has 1 aromatic carbocycles. The van der Waals surface area contributed by atoms with Crippen LogP contribution in [0.25, 0.3) is 11.1 Å². The number of likely N-dealkylation sites (N-methyl/N-ethyl adjacent to an activating group) is 1. The minimum atomic E-state index is -0.376. The molecule has 102 valence electrons. The molecule has 0 N–H and O–H groups in total. The summed E-state index contributed by atoms with van der Waals surface area (Å²) < 4.78 is 11.2. The van der Waals surface area contributed by atoms with Gasteiger partial charge in [0.1, 0.15) is 0 Å². The molecule has 0 atom stereocenters. The molecule has 1 aromatic heterocycles. The molecule has 0 bridgehead atoms. The number of nitrogens with zero attached hydrogens (tertiary/aromatic N) is 2. The molecule has 1 heterocycles. The fourth-order valence-corrected chi connectivity index (χ4v) is 1.88. The minimum Gasteiger partial charge on any atom is -0.453 e. The van der Waals surface area contributed by atoms with Crippen LogP contribution in [0.15, 0.2) is 27.4 Å². The summed E-state index contributed by atoms with van der Waals surface area (Å²) in [6.07, 6.45) is 0.299. The number of oxazole rings is 1. The molecular formula is C13H16N2O4. The van der Waals surface area contributed by atoms with Gasteiger partial charge in [-0.3, -0.25) is 4.57 Å². The van der Waals surface area contributed by atoms with Crippen LogP contribution < -0.4 is 5.76 Å². The van der Waals surface area contributed by atoms with Gasteiger partial charge in [0, 0.05) is 20.6 Å². The Kier molecular flexibility index (Phi) is 3.59. The second-order valence-electron chi connectivity index (χ2n) is 4.37. The molecule has 2 aromatic rings. The maximum Gasteiger partial charge on any atom is 0.419 e. The first-order valence-corrected chi connectivity index (χ1v) is 5.90. The number of benzene rings is 1. The zero-order valence-electron chi connectivity index (χ0n) is 11.2. The molecule has 6 nitrogen and oxygen atoms in total. The van der Waals surface area contributed by atoms with Crippen molar-refractivity contribution in [1.29, 1.82) is 0 Å². The fourth-order valence-electron chi connectivity index (χ4n) is 1.88. The largest absolute Gasteiger partial charge is 0.453 e. The van der Waals surface area contributed by atoms with E-state index in [0.717, 1.165) is 11.1 Å². The normalized spacial score (nSPS) is 10.7. The van der Waals surface area contributed by atoms with Crippen LogP contribution in [0.5, 0.6) is 0 Å². The van der Waals surface area contributed by atoms with Gasteiger partial charge in [-0.1, -0.05) is 6.07 Å². The number of aryl methyl sites for hydroxylation is 1. The third-order valence-corrected chi connectivity index (χ3v) is 3.08. The molecule has 0 saturated carbocycles.